The van der Waals surface area contributed by atoms with Crippen LogP contribution in [0.15, 0.2) is 30.6 Å². The molecule has 2 rings (SSSR count). The fourth-order valence-corrected chi connectivity index (χ4v) is 1.62. The first-order valence-electron chi connectivity index (χ1n) is 5.51. The highest BCUT2D eigenvalue weighted by atomic mass is 35.5. The lowest BCUT2D eigenvalue weighted by Crippen LogP contribution is -2.15. The predicted octanol–water partition coefficient (Wildman–Crippen LogP) is 2.60. The zero-order chi connectivity index (χ0) is 14.7. The van der Waals surface area contributed by atoms with E-state index >= 15 is 0 Å². The first kappa shape index (κ1) is 13.9. The van der Waals surface area contributed by atoms with Gasteiger partial charge < -0.3 is 5.32 Å². The third-order valence-electron chi connectivity index (χ3n) is 2.45. The molecule has 8 heteroatoms. The van der Waals surface area contributed by atoms with Crippen molar-refractivity contribution in [3.05, 3.63) is 57.1 Å². The summed E-state index contributed by atoms with van der Waals surface area (Å²) in [5, 5.41) is 13.5. The second-order valence-electron chi connectivity index (χ2n) is 3.96. The van der Waals surface area contributed by atoms with Crippen LogP contribution in [0.2, 0.25) is 5.15 Å². The molecule has 0 spiro atoms. The first-order valence-corrected chi connectivity index (χ1v) is 5.89. The maximum Gasteiger partial charge on any atom is 0.292 e. The van der Waals surface area contributed by atoms with E-state index in [1.165, 1.54) is 24.5 Å². The van der Waals surface area contributed by atoms with Crippen LogP contribution in [0.3, 0.4) is 0 Å². The number of anilines is 1. The number of hydrogen-bond donors (Lipinski definition) is 1. The van der Waals surface area contributed by atoms with Crippen molar-refractivity contribution >= 4 is 28.9 Å². The number of nitro groups is 1. The highest BCUT2D eigenvalue weighted by Gasteiger charge is 2.17. The number of carbonyl (C=O) groups excluding carboxylic acids is 1. The second kappa shape index (κ2) is 5.62. The number of aromatic nitrogens is 2. The van der Waals surface area contributed by atoms with Gasteiger partial charge in [-0.05, 0) is 18.6 Å². The minimum atomic E-state index is -0.595. The lowest BCUT2D eigenvalue weighted by Gasteiger charge is -2.06. The fraction of sp³-hybridized carbons (Fsp3) is 0.0833. The zero-order valence-electron chi connectivity index (χ0n) is 10.3. The van der Waals surface area contributed by atoms with Crippen LogP contribution >= 0.6 is 11.6 Å². The Labute approximate surface area is 118 Å². The van der Waals surface area contributed by atoms with Gasteiger partial charge in [0.15, 0.2) is 0 Å². The number of nitrogens with one attached hydrogen (secondary N) is 1. The van der Waals surface area contributed by atoms with Crippen molar-refractivity contribution in [1.82, 2.24) is 9.97 Å². The van der Waals surface area contributed by atoms with E-state index in [0.29, 0.717) is 0 Å². The van der Waals surface area contributed by atoms with Crippen molar-refractivity contribution < 1.29 is 9.72 Å². The molecule has 1 N–H and O–H groups in total. The van der Waals surface area contributed by atoms with Crippen molar-refractivity contribution in [2.24, 2.45) is 0 Å². The van der Waals surface area contributed by atoms with Crippen LogP contribution in [0.5, 0.6) is 0 Å². The lowest BCUT2D eigenvalue weighted by molar-refractivity contribution is -0.383. The molecule has 0 radical (unpaired) electrons. The number of hydrogen-bond acceptors (Lipinski definition) is 5. The van der Waals surface area contributed by atoms with Crippen molar-refractivity contribution in [1.29, 1.82) is 0 Å². The Balaban J connectivity index is 2.29. The molecule has 1 aromatic heterocycles. The van der Waals surface area contributed by atoms with Gasteiger partial charge in [0.25, 0.3) is 11.6 Å². The fourth-order valence-electron chi connectivity index (χ4n) is 1.53. The SMILES string of the molecule is Cc1ccc([N+](=O)[O-])c(NC(=O)c2cnc(Cl)cn2)c1. The molecule has 0 aliphatic rings. The van der Waals surface area contributed by atoms with Crippen molar-refractivity contribution in [2.75, 3.05) is 5.32 Å². The highest BCUT2D eigenvalue weighted by Crippen LogP contribution is 2.25. The summed E-state index contributed by atoms with van der Waals surface area (Å²) in [6, 6.07) is 4.44. The summed E-state index contributed by atoms with van der Waals surface area (Å²) in [6.07, 6.45) is 2.42. The molecule has 0 aliphatic heterocycles. The van der Waals surface area contributed by atoms with Crippen molar-refractivity contribution in [3.8, 4) is 0 Å². The van der Waals surface area contributed by atoms with Crippen LogP contribution in [0, 0.1) is 17.0 Å². The van der Waals surface area contributed by atoms with E-state index < -0.39 is 10.8 Å². The third kappa shape index (κ3) is 3.07. The lowest BCUT2D eigenvalue weighted by atomic mass is 10.2. The normalized spacial score (nSPS) is 10.1. The molecule has 0 unspecified atom stereocenters. The third-order valence-corrected chi connectivity index (χ3v) is 2.65. The monoisotopic (exact) mass is 292 g/mol. The predicted molar refractivity (Wildman–Crippen MR) is 72.8 cm³/mol. The second-order valence-corrected chi connectivity index (χ2v) is 4.34. The zero-order valence-corrected chi connectivity index (χ0v) is 11.1. The average molecular weight is 293 g/mol. The number of nitrogens with zero attached hydrogens (tertiary/aromatic N) is 3. The Bertz CT molecular complexity index is 673. The molecule has 2 aromatic rings. The van der Waals surface area contributed by atoms with E-state index in [1.54, 1.807) is 13.0 Å². The largest absolute Gasteiger partial charge is 0.315 e. The molecule has 0 aliphatic carbocycles. The number of rotatable bonds is 3. The van der Waals surface area contributed by atoms with E-state index in [9.17, 15) is 14.9 Å². The van der Waals surface area contributed by atoms with Crippen LogP contribution in [0.4, 0.5) is 11.4 Å². The van der Waals surface area contributed by atoms with Gasteiger partial charge in [0, 0.05) is 6.07 Å². The van der Waals surface area contributed by atoms with Crippen molar-refractivity contribution in [3.63, 3.8) is 0 Å². The van der Waals surface area contributed by atoms with Gasteiger partial charge >= 0.3 is 0 Å². The highest BCUT2D eigenvalue weighted by molar-refractivity contribution is 6.29. The maximum atomic E-state index is 11.9. The van der Waals surface area contributed by atoms with E-state index in [1.807, 2.05) is 0 Å². The minimum Gasteiger partial charge on any atom is -0.315 e. The van der Waals surface area contributed by atoms with E-state index in [4.69, 9.17) is 11.6 Å². The van der Waals surface area contributed by atoms with Gasteiger partial charge in [-0.15, -0.1) is 0 Å². The first-order chi connectivity index (χ1) is 9.47. The summed E-state index contributed by atoms with van der Waals surface area (Å²) in [4.78, 5) is 29.8. The number of aryl methyl sites for hydroxylation is 1. The molecular weight excluding hydrogens is 284 g/mol. The molecule has 102 valence electrons. The molecule has 7 nitrogen and oxygen atoms in total. The van der Waals surface area contributed by atoms with Gasteiger partial charge in [0.2, 0.25) is 0 Å². The molecule has 0 saturated heterocycles. The average Bonchev–Trinajstić information content (AvgIpc) is 2.39. The Morgan fingerprint density at radius 1 is 1.35 bits per heavy atom. The molecule has 1 amide bonds. The maximum absolute atomic E-state index is 11.9. The van der Waals surface area contributed by atoms with Gasteiger partial charge in [-0.25, -0.2) is 9.97 Å². The Hall–Kier alpha value is -2.54. The number of halogens is 1. The van der Waals surface area contributed by atoms with Crippen LogP contribution in [0.1, 0.15) is 16.1 Å². The van der Waals surface area contributed by atoms with E-state index in [2.05, 4.69) is 15.3 Å². The molecule has 1 aromatic carbocycles. The molecule has 0 bridgehead atoms. The number of nitro benzene ring substituents is 1. The van der Waals surface area contributed by atoms with Crippen LogP contribution < -0.4 is 5.32 Å². The summed E-state index contributed by atoms with van der Waals surface area (Å²) in [6.45, 7) is 1.77. The number of benzene rings is 1. The minimum absolute atomic E-state index is 0.0187. The summed E-state index contributed by atoms with van der Waals surface area (Å²) in [5.74, 6) is -0.595. The Kier molecular flexibility index (Phi) is 3.90. The molecule has 0 saturated carbocycles. The summed E-state index contributed by atoms with van der Waals surface area (Å²) >= 11 is 5.57. The quantitative estimate of drug-likeness (QED) is 0.692. The number of amides is 1. The van der Waals surface area contributed by atoms with E-state index in [0.717, 1.165) is 5.56 Å². The smallest absolute Gasteiger partial charge is 0.292 e. The van der Waals surface area contributed by atoms with Crippen LogP contribution in [-0.2, 0) is 0 Å². The van der Waals surface area contributed by atoms with E-state index in [-0.39, 0.29) is 22.2 Å². The topological polar surface area (TPSA) is 98.0 Å². The summed E-state index contributed by atoms with van der Waals surface area (Å²) in [5.41, 5.74) is 0.723. The van der Waals surface area contributed by atoms with Gasteiger partial charge in [-0.1, -0.05) is 17.7 Å². The van der Waals surface area contributed by atoms with Gasteiger partial charge in [0.05, 0.1) is 17.3 Å². The molecule has 0 fully saturated rings. The molecule has 20 heavy (non-hydrogen) atoms. The van der Waals surface area contributed by atoms with Gasteiger partial charge in [0.1, 0.15) is 16.5 Å². The van der Waals surface area contributed by atoms with Crippen LogP contribution in [-0.4, -0.2) is 20.8 Å². The molecular formula is C12H9ClN4O3. The summed E-state index contributed by atoms with van der Waals surface area (Å²) in [7, 11) is 0. The van der Waals surface area contributed by atoms with Crippen LogP contribution in [0.25, 0.3) is 0 Å². The number of carbonyl (C=O) groups is 1. The van der Waals surface area contributed by atoms with Crippen molar-refractivity contribution in [2.45, 2.75) is 6.92 Å². The standard InChI is InChI=1S/C12H9ClN4O3/c1-7-2-3-10(17(19)20)8(4-7)16-12(18)9-5-15-11(13)6-14-9/h2-6H,1H3,(H,16,18). The van der Waals surface area contributed by atoms with Gasteiger partial charge in [-0.2, -0.15) is 0 Å². The Morgan fingerprint density at radius 3 is 2.70 bits per heavy atom. The van der Waals surface area contributed by atoms with Gasteiger partial charge in [-0.3, -0.25) is 14.9 Å². The summed E-state index contributed by atoms with van der Waals surface area (Å²) < 4.78 is 0. The molecule has 0 atom stereocenters. The Morgan fingerprint density at radius 2 is 2.10 bits per heavy atom. The molecule has 1 heterocycles.